The number of benzene rings is 2. The first kappa shape index (κ1) is 17.1. The van der Waals surface area contributed by atoms with Crippen LogP contribution in [0.2, 0.25) is 0 Å². The first-order valence-electron chi connectivity index (χ1n) is 8.47. The van der Waals surface area contributed by atoms with E-state index in [0.29, 0.717) is 15.8 Å². The average molecular weight is 379 g/mol. The molecule has 1 amide bonds. The smallest absolute Gasteiger partial charge is 0.266 e. The van der Waals surface area contributed by atoms with Crippen molar-refractivity contribution in [1.82, 2.24) is 9.47 Å². The van der Waals surface area contributed by atoms with Crippen LogP contribution in [0.1, 0.15) is 11.1 Å². The fourth-order valence-electron chi connectivity index (χ4n) is 3.21. The van der Waals surface area contributed by atoms with Crippen LogP contribution in [0.3, 0.4) is 0 Å². The minimum atomic E-state index is 0.00358. The molecule has 0 saturated carbocycles. The second-order valence-corrected chi connectivity index (χ2v) is 7.96. The molecule has 2 heterocycles. The molecule has 1 saturated heterocycles. The van der Waals surface area contributed by atoms with Gasteiger partial charge in [0.15, 0.2) is 0 Å². The topological polar surface area (TPSA) is 25.2 Å². The number of aromatic nitrogens is 1. The molecule has 3 nitrogen and oxygen atoms in total. The van der Waals surface area contributed by atoms with Crippen LogP contribution in [-0.2, 0) is 18.3 Å². The molecular weight excluding hydrogens is 360 g/mol. The highest BCUT2D eigenvalue weighted by molar-refractivity contribution is 8.26. The van der Waals surface area contributed by atoms with Gasteiger partial charge >= 0.3 is 0 Å². The monoisotopic (exact) mass is 378 g/mol. The van der Waals surface area contributed by atoms with Crippen molar-refractivity contribution >= 4 is 51.2 Å². The van der Waals surface area contributed by atoms with Crippen molar-refractivity contribution in [2.75, 3.05) is 6.54 Å². The third-order valence-electron chi connectivity index (χ3n) is 4.55. The maximum atomic E-state index is 12.8. The van der Waals surface area contributed by atoms with Crippen molar-refractivity contribution in [2.45, 2.75) is 6.42 Å². The Morgan fingerprint density at radius 3 is 2.62 bits per heavy atom. The van der Waals surface area contributed by atoms with Crippen LogP contribution in [0.15, 0.2) is 65.7 Å². The van der Waals surface area contributed by atoms with Gasteiger partial charge in [0, 0.05) is 36.3 Å². The molecular formula is C21H18N2OS2. The minimum Gasteiger partial charge on any atom is -0.350 e. The highest BCUT2D eigenvalue weighted by atomic mass is 32.2. The molecule has 1 aliphatic heterocycles. The summed E-state index contributed by atoms with van der Waals surface area (Å²) in [6.07, 6.45) is 4.82. The number of nitrogens with zero attached hydrogens (tertiary/aromatic N) is 2. The van der Waals surface area contributed by atoms with E-state index in [-0.39, 0.29) is 5.91 Å². The van der Waals surface area contributed by atoms with Gasteiger partial charge in [-0.25, -0.2) is 0 Å². The van der Waals surface area contributed by atoms with E-state index < -0.39 is 0 Å². The maximum absolute atomic E-state index is 12.8. The Hall–Kier alpha value is -2.37. The number of rotatable bonds is 4. The third-order valence-corrected chi connectivity index (χ3v) is 5.93. The summed E-state index contributed by atoms with van der Waals surface area (Å²) in [6, 6.07) is 18.4. The molecule has 26 heavy (non-hydrogen) atoms. The zero-order valence-electron chi connectivity index (χ0n) is 14.4. The summed E-state index contributed by atoms with van der Waals surface area (Å²) in [5, 5.41) is 1.14. The van der Waals surface area contributed by atoms with Gasteiger partial charge < -0.3 is 4.57 Å². The number of amides is 1. The van der Waals surface area contributed by atoms with Crippen LogP contribution in [0.5, 0.6) is 0 Å². The number of para-hydroxylation sites is 1. The van der Waals surface area contributed by atoms with Crippen molar-refractivity contribution in [2.24, 2.45) is 7.05 Å². The van der Waals surface area contributed by atoms with Crippen molar-refractivity contribution in [3.63, 3.8) is 0 Å². The first-order valence-corrected chi connectivity index (χ1v) is 9.69. The van der Waals surface area contributed by atoms with Crippen LogP contribution < -0.4 is 0 Å². The van der Waals surface area contributed by atoms with Crippen LogP contribution >= 0.6 is 24.0 Å². The molecule has 1 aliphatic rings. The van der Waals surface area contributed by atoms with Gasteiger partial charge in [0.1, 0.15) is 4.32 Å². The molecule has 4 rings (SSSR count). The molecule has 130 valence electrons. The zero-order chi connectivity index (χ0) is 18.1. The Morgan fingerprint density at radius 1 is 1.08 bits per heavy atom. The number of hydrogen-bond donors (Lipinski definition) is 0. The van der Waals surface area contributed by atoms with Gasteiger partial charge in [-0.05, 0) is 24.1 Å². The van der Waals surface area contributed by atoms with E-state index in [2.05, 4.69) is 35.0 Å². The molecule has 1 aromatic heterocycles. The molecule has 0 bridgehead atoms. The number of hydrogen-bond acceptors (Lipinski definition) is 3. The van der Waals surface area contributed by atoms with Gasteiger partial charge in [0.2, 0.25) is 0 Å². The lowest BCUT2D eigenvalue weighted by Gasteiger charge is -2.14. The van der Waals surface area contributed by atoms with E-state index in [1.165, 1.54) is 17.3 Å². The second-order valence-electron chi connectivity index (χ2n) is 6.28. The van der Waals surface area contributed by atoms with E-state index in [1.807, 2.05) is 43.5 Å². The Morgan fingerprint density at radius 2 is 1.81 bits per heavy atom. The minimum absolute atomic E-state index is 0.00358. The van der Waals surface area contributed by atoms with E-state index in [9.17, 15) is 4.79 Å². The molecule has 0 unspecified atom stereocenters. The summed E-state index contributed by atoms with van der Waals surface area (Å²) >= 11 is 6.84. The fraction of sp³-hybridized carbons (Fsp3) is 0.143. The Balaban J connectivity index is 1.57. The molecule has 0 spiro atoms. The molecule has 0 radical (unpaired) electrons. The highest BCUT2D eigenvalue weighted by Gasteiger charge is 2.31. The summed E-state index contributed by atoms with van der Waals surface area (Å²) in [5.41, 5.74) is 3.41. The van der Waals surface area contributed by atoms with E-state index >= 15 is 0 Å². The van der Waals surface area contributed by atoms with Crippen LogP contribution in [0, 0.1) is 0 Å². The van der Waals surface area contributed by atoms with Gasteiger partial charge in [-0.15, -0.1) is 0 Å². The number of thioether (sulfide) groups is 1. The number of carbonyl (C=O) groups is 1. The number of fused-ring (bicyclic) bond motifs is 1. The molecule has 5 heteroatoms. The summed E-state index contributed by atoms with van der Waals surface area (Å²) in [4.78, 5) is 15.2. The quantitative estimate of drug-likeness (QED) is 0.489. The molecule has 2 aromatic carbocycles. The van der Waals surface area contributed by atoms with Crippen molar-refractivity contribution in [3.05, 3.63) is 76.8 Å². The first-order chi connectivity index (χ1) is 12.6. The van der Waals surface area contributed by atoms with Crippen molar-refractivity contribution in [1.29, 1.82) is 0 Å². The third kappa shape index (κ3) is 3.20. The molecule has 1 fully saturated rings. The summed E-state index contributed by atoms with van der Waals surface area (Å²) in [7, 11) is 2.02. The van der Waals surface area contributed by atoms with Crippen molar-refractivity contribution in [3.8, 4) is 0 Å². The standard InChI is InChI=1S/C21H18N2OS2/c1-22-14-16(17-9-5-6-10-18(17)22)13-19-20(24)23(21(25)26-19)12-11-15-7-3-2-4-8-15/h2-10,13-14H,11-12H2,1H3/b19-13-. The lowest BCUT2D eigenvalue weighted by Crippen LogP contribution is -2.30. The zero-order valence-corrected chi connectivity index (χ0v) is 16.0. The maximum Gasteiger partial charge on any atom is 0.266 e. The molecule has 0 N–H and O–H groups in total. The highest BCUT2D eigenvalue weighted by Crippen LogP contribution is 2.34. The lowest BCUT2D eigenvalue weighted by atomic mass is 10.1. The van der Waals surface area contributed by atoms with Gasteiger partial charge in [-0.2, -0.15) is 0 Å². The number of thiocarbonyl (C=S) groups is 1. The van der Waals surface area contributed by atoms with Crippen LogP contribution in [0.25, 0.3) is 17.0 Å². The summed E-state index contributed by atoms with van der Waals surface area (Å²) in [5.74, 6) is 0.00358. The predicted octanol–water partition coefficient (Wildman–Crippen LogP) is 4.62. The summed E-state index contributed by atoms with van der Waals surface area (Å²) < 4.78 is 2.72. The van der Waals surface area contributed by atoms with E-state index in [0.717, 1.165) is 22.9 Å². The predicted molar refractivity (Wildman–Crippen MR) is 113 cm³/mol. The average Bonchev–Trinajstić information content (AvgIpc) is 3.11. The number of aryl methyl sites for hydroxylation is 1. The normalized spacial score (nSPS) is 16.2. The largest absolute Gasteiger partial charge is 0.350 e. The number of carbonyl (C=O) groups excluding carboxylic acids is 1. The Bertz CT molecular complexity index is 1020. The lowest BCUT2D eigenvalue weighted by molar-refractivity contribution is -0.122. The molecule has 0 aliphatic carbocycles. The Labute approximate surface area is 162 Å². The van der Waals surface area contributed by atoms with Crippen LogP contribution in [-0.4, -0.2) is 26.2 Å². The van der Waals surface area contributed by atoms with Gasteiger partial charge in [-0.1, -0.05) is 72.5 Å². The molecule has 3 aromatic rings. The molecule has 0 atom stereocenters. The van der Waals surface area contributed by atoms with Gasteiger partial charge in [0.05, 0.1) is 4.91 Å². The Kier molecular flexibility index (Phi) is 4.66. The van der Waals surface area contributed by atoms with Gasteiger partial charge in [0.25, 0.3) is 5.91 Å². The van der Waals surface area contributed by atoms with Crippen LogP contribution in [0.4, 0.5) is 0 Å². The second kappa shape index (κ2) is 7.09. The van der Waals surface area contributed by atoms with E-state index in [1.54, 1.807) is 4.90 Å². The summed E-state index contributed by atoms with van der Waals surface area (Å²) in [6.45, 7) is 0.613. The fourth-order valence-corrected chi connectivity index (χ4v) is 4.51. The van der Waals surface area contributed by atoms with Gasteiger partial charge in [-0.3, -0.25) is 9.69 Å². The van der Waals surface area contributed by atoms with Crippen molar-refractivity contribution < 1.29 is 4.79 Å². The SMILES string of the molecule is Cn1cc(/C=C2\SC(=S)N(CCc3ccccc3)C2=O)c2ccccc21. The van der Waals surface area contributed by atoms with E-state index in [4.69, 9.17) is 12.2 Å².